The van der Waals surface area contributed by atoms with E-state index in [4.69, 9.17) is 0 Å². The van der Waals surface area contributed by atoms with Crippen molar-refractivity contribution in [1.29, 1.82) is 0 Å². The van der Waals surface area contributed by atoms with Crippen LogP contribution in [0.3, 0.4) is 0 Å². The second kappa shape index (κ2) is 5.04. The highest BCUT2D eigenvalue weighted by molar-refractivity contribution is 5.74. The van der Waals surface area contributed by atoms with Crippen molar-refractivity contribution in [3.63, 3.8) is 0 Å². The summed E-state index contributed by atoms with van der Waals surface area (Å²) >= 11 is 0. The van der Waals surface area contributed by atoms with Crippen LogP contribution in [0.4, 0.5) is 5.95 Å². The second-order valence-electron chi connectivity index (χ2n) is 3.30. The fraction of sp³-hybridized carbons (Fsp3) is 0.100. The van der Waals surface area contributed by atoms with Gasteiger partial charge in [-0.1, -0.05) is 6.07 Å². The molecule has 0 saturated heterocycles. The number of anilines is 1. The second-order valence-corrected chi connectivity index (χ2v) is 3.30. The molecular weight excluding hydrogens is 236 g/mol. The average molecular weight is 246 g/mol. The molecule has 3 N–H and O–H groups in total. The number of hydrogen-bond acceptors (Lipinski definition) is 7. The fourth-order valence-corrected chi connectivity index (χ4v) is 1.17. The van der Waals surface area contributed by atoms with E-state index in [9.17, 15) is 9.90 Å². The molecule has 0 aliphatic rings. The number of nitrogens with one attached hydrogen (secondary N) is 2. The van der Waals surface area contributed by atoms with Crippen LogP contribution in [0, 0.1) is 0 Å². The minimum atomic E-state index is -0.460. The Morgan fingerprint density at radius 1 is 1.28 bits per heavy atom. The smallest absolute Gasteiger partial charge is 0.319 e. The Bertz CT molecular complexity index is 560. The minimum Gasteiger partial charge on any atom is -0.479 e. The van der Waals surface area contributed by atoms with Crippen LogP contribution >= 0.6 is 0 Å². The van der Waals surface area contributed by atoms with E-state index in [1.807, 2.05) is 0 Å². The molecule has 0 saturated carbocycles. The number of aromatic hydroxyl groups is 1. The maximum absolute atomic E-state index is 10.7. The number of hydrogen-bond donors (Lipinski definition) is 3. The predicted octanol–water partition coefficient (Wildman–Crippen LogP) is 0.102. The zero-order valence-corrected chi connectivity index (χ0v) is 9.45. The van der Waals surface area contributed by atoms with Crippen LogP contribution in [0.15, 0.2) is 24.4 Å². The summed E-state index contributed by atoms with van der Waals surface area (Å²) in [5, 5.41) is 9.38. The van der Waals surface area contributed by atoms with E-state index in [-0.39, 0.29) is 17.7 Å². The van der Waals surface area contributed by atoms with Crippen molar-refractivity contribution in [1.82, 2.24) is 25.4 Å². The summed E-state index contributed by atoms with van der Waals surface area (Å²) in [5.41, 5.74) is 5.23. The summed E-state index contributed by atoms with van der Waals surface area (Å²) in [7, 11) is 0. The van der Waals surface area contributed by atoms with E-state index in [1.165, 1.54) is 6.92 Å². The van der Waals surface area contributed by atoms with Gasteiger partial charge in [-0.05, 0) is 12.1 Å². The Labute approximate surface area is 102 Å². The number of carbonyl (C=O) groups excluding carboxylic acids is 1. The maximum atomic E-state index is 10.7. The van der Waals surface area contributed by atoms with Crippen LogP contribution in [-0.4, -0.2) is 30.9 Å². The quantitative estimate of drug-likeness (QED) is 0.658. The summed E-state index contributed by atoms with van der Waals surface area (Å²) in [5.74, 6) is -0.0800. The van der Waals surface area contributed by atoms with E-state index in [1.54, 1.807) is 24.4 Å². The Kier molecular flexibility index (Phi) is 3.28. The molecule has 0 fully saturated rings. The molecule has 2 heterocycles. The fourth-order valence-electron chi connectivity index (χ4n) is 1.17. The number of nitrogens with zero attached hydrogens (tertiary/aromatic N) is 4. The van der Waals surface area contributed by atoms with Gasteiger partial charge in [-0.15, -0.1) is 0 Å². The van der Waals surface area contributed by atoms with Gasteiger partial charge in [-0.25, -0.2) is 0 Å². The van der Waals surface area contributed by atoms with Gasteiger partial charge in [-0.3, -0.25) is 20.6 Å². The highest BCUT2D eigenvalue weighted by Gasteiger charge is 2.08. The lowest BCUT2D eigenvalue weighted by atomic mass is 10.3. The van der Waals surface area contributed by atoms with Crippen molar-refractivity contribution < 1.29 is 9.90 Å². The molecule has 0 aliphatic carbocycles. The largest absolute Gasteiger partial charge is 0.479 e. The SMILES string of the molecule is CC(=O)NNc1nc(O)nc(-c2ccccn2)n1. The molecule has 0 atom stereocenters. The van der Waals surface area contributed by atoms with Gasteiger partial charge in [0.1, 0.15) is 5.69 Å². The molecule has 0 aromatic carbocycles. The molecule has 2 rings (SSSR count). The average Bonchev–Trinajstić information content (AvgIpc) is 2.37. The van der Waals surface area contributed by atoms with Crippen molar-refractivity contribution in [3.05, 3.63) is 24.4 Å². The number of pyridine rings is 1. The van der Waals surface area contributed by atoms with E-state index in [0.717, 1.165) is 0 Å². The molecule has 2 aromatic heterocycles. The van der Waals surface area contributed by atoms with Gasteiger partial charge in [0.15, 0.2) is 5.82 Å². The summed E-state index contributed by atoms with van der Waals surface area (Å²) in [6.07, 6.45) is 1.58. The first kappa shape index (κ1) is 11.7. The van der Waals surface area contributed by atoms with E-state index in [2.05, 4.69) is 30.8 Å². The van der Waals surface area contributed by atoms with Crippen LogP contribution < -0.4 is 10.9 Å². The number of amides is 1. The molecule has 8 nitrogen and oxygen atoms in total. The van der Waals surface area contributed by atoms with Gasteiger partial charge in [0.2, 0.25) is 11.9 Å². The third-order valence-electron chi connectivity index (χ3n) is 1.87. The molecular formula is C10H10N6O2. The predicted molar refractivity (Wildman–Crippen MR) is 62.2 cm³/mol. The molecule has 0 aliphatic heterocycles. The summed E-state index contributed by atoms with van der Waals surface area (Å²) in [6, 6.07) is 4.75. The van der Waals surface area contributed by atoms with Crippen molar-refractivity contribution >= 4 is 11.9 Å². The molecule has 8 heteroatoms. The van der Waals surface area contributed by atoms with Crippen molar-refractivity contribution in [2.45, 2.75) is 6.92 Å². The Morgan fingerprint density at radius 3 is 2.78 bits per heavy atom. The van der Waals surface area contributed by atoms with Crippen LogP contribution in [0.2, 0.25) is 0 Å². The first-order valence-corrected chi connectivity index (χ1v) is 5.04. The number of carbonyl (C=O) groups is 1. The van der Waals surface area contributed by atoms with E-state index < -0.39 is 6.01 Å². The van der Waals surface area contributed by atoms with Crippen LogP contribution in [0.1, 0.15) is 6.92 Å². The Morgan fingerprint density at radius 2 is 2.11 bits per heavy atom. The summed E-state index contributed by atoms with van der Waals surface area (Å²) in [4.78, 5) is 26.2. The first-order valence-electron chi connectivity index (χ1n) is 5.04. The highest BCUT2D eigenvalue weighted by atomic mass is 16.3. The first-order chi connectivity index (χ1) is 8.65. The van der Waals surface area contributed by atoms with Crippen molar-refractivity contribution in [2.75, 3.05) is 5.43 Å². The Balaban J connectivity index is 2.29. The number of hydrazine groups is 1. The van der Waals surface area contributed by atoms with Gasteiger partial charge in [0.05, 0.1) is 0 Å². The van der Waals surface area contributed by atoms with Gasteiger partial charge < -0.3 is 5.11 Å². The lowest BCUT2D eigenvalue weighted by Crippen LogP contribution is -2.27. The van der Waals surface area contributed by atoms with Gasteiger partial charge in [0, 0.05) is 13.1 Å². The molecule has 2 aromatic rings. The lowest BCUT2D eigenvalue weighted by Gasteiger charge is -2.06. The molecule has 1 amide bonds. The number of rotatable bonds is 3. The standard InChI is InChI=1S/C10H10N6O2/c1-6(17)15-16-9-12-8(13-10(18)14-9)7-4-2-3-5-11-7/h2-5H,1H3,(H,15,17)(H2,12,13,14,16,18). The minimum absolute atomic E-state index is 0.0263. The zero-order chi connectivity index (χ0) is 13.0. The van der Waals surface area contributed by atoms with Gasteiger partial charge in [-0.2, -0.15) is 15.0 Å². The van der Waals surface area contributed by atoms with Crippen LogP contribution in [0.25, 0.3) is 11.5 Å². The normalized spacial score (nSPS) is 9.83. The van der Waals surface area contributed by atoms with Gasteiger partial charge >= 0.3 is 6.01 Å². The topological polar surface area (TPSA) is 113 Å². The molecule has 18 heavy (non-hydrogen) atoms. The van der Waals surface area contributed by atoms with Crippen LogP contribution in [-0.2, 0) is 4.79 Å². The molecule has 0 radical (unpaired) electrons. The third kappa shape index (κ3) is 2.88. The van der Waals surface area contributed by atoms with Crippen molar-refractivity contribution in [2.24, 2.45) is 0 Å². The van der Waals surface area contributed by atoms with Gasteiger partial charge in [0.25, 0.3) is 0 Å². The molecule has 0 unspecified atom stereocenters. The summed E-state index contributed by atoms with van der Waals surface area (Å²) < 4.78 is 0. The lowest BCUT2D eigenvalue weighted by molar-refractivity contribution is -0.118. The van der Waals surface area contributed by atoms with Crippen molar-refractivity contribution in [3.8, 4) is 17.5 Å². The summed E-state index contributed by atoms with van der Waals surface area (Å²) in [6.45, 7) is 1.33. The van der Waals surface area contributed by atoms with Crippen LogP contribution in [0.5, 0.6) is 6.01 Å². The zero-order valence-electron chi connectivity index (χ0n) is 9.45. The maximum Gasteiger partial charge on any atom is 0.319 e. The van der Waals surface area contributed by atoms with E-state index in [0.29, 0.717) is 5.69 Å². The Hall–Kier alpha value is -2.77. The monoisotopic (exact) mass is 246 g/mol. The third-order valence-corrected chi connectivity index (χ3v) is 1.87. The van der Waals surface area contributed by atoms with E-state index >= 15 is 0 Å². The molecule has 92 valence electrons. The molecule has 0 bridgehead atoms. The highest BCUT2D eigenvalue weighted by Crippen LogP contribution is 2.14. The molecule has 0 spiro atoms. The number of aromatic nitrogens is 4.